The van der Waals surface area contributed by atoms with Crippen molar-refractivity contribution in [2.45, 2.75) is 44.0 Å². The Hall–Kier alpha value is -2.52. The highest BCUT2D eigenvalue weighted by atomic mass is 16.7. The van der Waals surface area contributed by atoms with Crippen LogP contribution in [-0.2, 0) is 9.47 Å². The Kier molecular flexibility index (Phi) is 5.30. The van der Waals surface area contributed by atoms with E-state index in [1.807, 2.05) is 30.3 Å². The molecule has 1 aliphatic heterocycles. The average Bonchev–Trinajstić information content (AvgIpc) is 2.73. The smallest absolute Gasteiger partial charge is 0.211 e. The van der Waals surface area contributed by atoms with Crippen molar-refractivity contribution in [1.29, 1.82) is 0 Å². The number of methoxy groups -OCH3 is 1. The number of ether oxygens (including phenoxy) is 3. The van der Waals surface area contributed by atoms with Crippen molar-refractivity contribution in [1.82, 2.24) is 0 Å². The average molecular weight is 362 g/mol. The highest BCUT2D eigenvalue weighted by Gasteiger charge is 2.40. The van der Waals surface area contributed by atoms with Gasteiger partial charge in [0.2, 0.25) is 5.79 Å². The molecule has 0 saturated heterocycles. The Morgan fingerprint density at radius 2 is 1.67 bits per heavy atom. The highest BCUT2D eigenvalue weighted by molar-refractivity contribution is 5.53. The van der Waals surface area contributed by atoms with Crippen molar-refractivity contribution in [3.63, 3.8) is 0 Å². The summed E-state index contributed by atoms with van der Waals surface area (Å²) >= 11 is 0. The predicted octanol–water partition coefficient (Wildman–Crippen LogP) is 6.04. The number of allylic oxidation sites excluding steroid dienone is 1. The van der Waals surface area contributed by atoms with Crippen molar-refractivity contribution in [2.24, 2.45) is 0 Å². The monoisotopic (exact) mass is 362 g/mol. The molecule has 140 valence electrons. The molecule has 1 fully saturated rings. The molecule has 3 heteroatoms. The van der Waals surface area contributed by atoms with E-state index < -0.39 is 5.79 Å². The van der Waals surface area contributed by atoms with Gasteiger partial charge >= 0.3 is 0 Å². The van der Waals surface area contributed by atoms with Crippen LogP contribution in [-0.4, -0.2) is 12.9 Å². The van der Waals surface area contributed by atoms with Gasteiger partial charge in [-0.05, 0) is 48.3 Å². The Bertz CT molecular complexity index is 799. The van der Waals surface area contributed by atoms with E-state index in [1.54, 1.807) is 7.11 Å². The summed E-state index contributed by atoms with van der Waals surface area (Å²) in [4.78, 5) is 0. The minimum Gasteiger partial charge on any atom is -0.497 e. The van der Waals surface area contributed by atoms with Gasteiger partial charge in [-0.3, -0.25) is 0 Å². The standard InChI is InChI=1S/C24H26O3/c1-25-21-13-10-19(11-14-21)12-15-22-18-23(20-8-4-2-5-9-20)27-24(26-22)16-6-3-7-17-24/h2,4-5,8-15,18,23H,3,6-7,16-17H2,1H3. The van der Waals surface area contributed by atoms with E-state index in [2.05, 4.69) is 42.5 Å². The van der Waals surface area contributed by atoms with Gasteiger partial charge in [-0.2, -0.15) is 0 Å². The molecular weight excluding hydrogens is 336 g/mol. The molecule has 2 aliphatic rings. The minimum atomic E-state index is -0.493. The Morgan fingerprint density at radius 3 is 2.37 bits per heavy atom. The van der Waals surface area contributed by atoms with Gasteiger partial charge in [0.05, 0.1) is 7.11 Å². The maximum Gasteiger partial charge on any atom is 0.211 e. The van der Waals surface area contributed by atoms with Gasteiger partial charge in [0.1, 0.15) is 17.6 Å². The van der Waals surface area contributed by atoms with E-state index >= 15 is 0 Å². The fourth-order valence-corrected chi connectivity index (χ4v) is 3.79. The van der Waals surface area contributed by atoms with Crippen molar-refractivity contribution < 1.29 is 14.2 Å². The van der Waals surface area contributed by atoms with Crippen LogP contribution in [0.5, 0.6) is 5.75 Å². The molecule has 1 saturated carbocycles. The molecule has 0 N–H and O–H groups in total. The lowest BCUT2D eigenvalue weighted by Crippen LogP contribution is -2.41. The first kappa shape index (κ1) is 17.9. The number of hydrogen-bond acceptors (Lipinski definition) is 3. The van der Waals surface area contributed by atoms with Gasteiger partial charge in [-0.1, -0.05) is 55.0 Å². The van der Waals surface area contributed by atoms with E-state index in [9.17, 15) is 0 Å². The van der Waals surface area contributed by atoms with Crippen molar-refractivity contribution in [3.05, 3.63) is 83.6 Å². The highest BCUT2D eigenvalue weighted by Crippen LogP contribution is 2.42. The number of rotatable bonds is 4. The fraction of sp³-hybridized carbons (Fsp3) is 0.333. The summed E-state index contributed by atoms with van der Waals surface area (Å²) < 4.78 is 18.1. The molecule has 1 spiro atoms. The summed E-state index contributed by atoms with van der Waals surface area (Å²) in [5.74, 6) is 1.25. The van der Waals surface area contributed by atoms with Crippen LogP contribution in [0.25, 0.3) is 6.08 Å². The van der Waals surface area contributed by atoms with Gasteiger partial charge in [0.25, 0.3) is 0 Å². The molecular formula is C24H26O3. The lowest BCUT2D eigenvalue weighted by atomic mass is 9.92. The SMILES string of the molecule is COc1ccc(C=CC2=CC(c3ccccc3)OC3(CCCCC3)O2)cc1. The zero-order valence-corrected chi connectivity index (χ0v) is 15.8. The zero-order valence-electron chi connectivity index (χ0n) is 15.8. The summed E-state index contributed by atoms with van der Waals surface area (Å²) in [5.41, 5.74) is 2.28. The van der Waals surface area contributed by atoms with Gasteiger partial charge in [-0.25, -0.2) is 0 Å². The van der Waals surface area contributed by atoms with Gasteiger partial charge in [0, 0.05) is 12.8 Å². The second kappa shape index (κ2) is 8.01. The van der Waals surface area contributed by atoms with Crippen LogP contribution in [0.15, 0.2) is 72.5 Å². The van der Waals surface area contributed by atoms with E-state index in [0.717, 1.165) is 42.8 Å². The van der Waals surface area contributed by atoms with Gasteiger partial charge in [-0.15, -0.1) is 0 Å². The molecule has 2 aromatic rings. The molecule has 1 aliphatic carbocycles. The van der Waals surface area contributed by atoms with Crippen LogP contribution in [0.1, 0.15) is 49.3 Å². The molecule has 27 heavy (non-hydrogen) atoms. The summed E-state index contributed by atoms with van der Waals surface area (Å²) in [7, 11) is 1.68. The Morgan fingerprint density at radius 1 is 0.926 bits per heavy atom. The van der Waals surface area contributed by atoms with Crippen molar-refractivity contribution in [2.75, 3.05) is 7.11 Å². The maximum absolute atomic E-state index is 6.46. The molecule has 1 heterocycles. The van der Waals surface area contributed by atoms with E-state index in [-0.39, 0.29) is 6.10 Å². The van der Waals surface area contributed by atoms with Gasteiger partial charge in [0.15, 0.2) is 0 Å². The van der Waals surface area contributed by atoms with Crippen molar-refractivity contribution >= 4 is 6.08 Å². The number of benzene rings is 2. The summed E-state index contributed by atoms with van der Waals surface area (Å²) in [6.07, 6.45) is 11.6. The summed E-state index contributed by atoms with van der Waals surface area (Å²) in [6.45, 7) is 0. The second-order valence-corrected chi connectivity index (χ2v) is 7.20. The third-order valence-electron chi connectivity index (χ3n) is 5.26. The van der Waals surface area contributed by atoms with Gasteiger partial charge < -0.3 is 14.2 Å². The Balaban J connectivity index is 1.60. The van der Waals surface area contributed by atoms with E-state index in [4.69, 9.17) is 14.2 Å². The molecule has 0 radical (unpaired) electrons. The van der Waals surface area contributed by atoms with Crippen LogP contribution in [0.3, 0.4) is 0 Å². The molecule has 1 atom stereocenters. The lowest BCUT2D eigenvalue weighted by Gasteiger charge is -2.42. The summed E-state index contributed by atoms with van der Waals surface area (Å²) in [6, 6.07) is 18.4. The molecule has 0 aromatic heterocycles. The van der Waals surface area contributed by atoms with Crippen LogP contribution in [0.4, 0.5) is 0 Å². The summed E-state index contributed by atoms with van der Waals surface area (Å²) in [5, 5.41) is 0. The molecule has 4 rings (SSSR count). The molecule has 2 aromatic carbocycles. The lowest BCUT2D eigenvalue weighted by molar-refractivity contribution is -0.259. The van der Waals surface area contributed by atoms with Crippen LogP contribution in [0.2, 0.25) is 0 Å². The maximum atomic E-state index is 6.46. The van der Waals surface area contributed by atoms with Crippen LogP contribution < -0.4 is 4.74 Å². The van der Waals surface area contributed by atoms with Crippen molar-refractivity contribution in [3.8, 4) is 5.75 Å². The van der Waals surface area contributed by atoms with Crippen LogP contribution in [0, 0.1) is 0 Å². The van der Waals surface area contributed by atoms with Crippen LogP contribution >= 0.6 is 0 Å². The van der Waals surface area contributed by atoms with E-state index in [0.29, 0.717) is 0 Å². The Labute approximate surface area is 161 Å². The normalized spacial score (nSPS) is 21.7. The largest absolute Gasteiger partial charge is 0.497 e. The number of hydrogen-bond donors (Lipinski definition) is 0. The van der Waals surface area contributed by atoms with E-state index in [1.165, 1.54) is 12.0 Å². The topological polar surface area (TPSA) is 27.7 Å². The molecule has 0 bridgehead atoms. The molecule has 1 unspecified atom stereocenters. The second-order valence-electron chi connectivity index (χ2n) is 7.20. The predicted molar refractivity (Wildman–Crippen MR) is 107 cm³/mol. The first-order valence-corrected chi connectivity index (χ1v) is 9.72. The first-order chi connectivity index (χ1) is 13.3. The zero-order chi connectivity index (χ0) is 18.5. The third-order valence-corrected chi connectivity index (χ3v) is 5.26. The fourth-order valence-electron chi connectivity index (χ4n) is 3.79. The quantitative estimate of drug-likeness (QED) is 0.663. The molecule has 0 amide bonds. The minimum absolute atomic E-state index is 0.0754. The first-order valence-electron chi connectivity index (χ1n) is 9.72. The molecule has 3 nitrogen and oxygen atoms in total. The third kappa shape index (κ3) is 4.25.